The summed E-state index contributed by atoms with van der Waals surface area (Å²) in [6, 6.07) is 3.37. The Morgan fingerprint density at radius 3 is 3.13 bits per heavy atom. The van der Waals surface area contributed by atoms with Gasteiger partial charge < -0.3 is 10.6 Å². The van der Waals surface area contributed by atoms with Crippen molar-refractivity contribution in [3.63, 3.8) is 0 Å². The molecule has 0 atom stereocenters. The summed E-state index contributed by atoms with van der Waals surface area (Å²) >= 11 is 5.82. The third kappa shape index (κ3) is 4.10. The van der Waals surface area contributed by atoms with E-state index in [0.717, 1.165) is 0 Å². The minimum atomic E-state index is -0.183. The number of halogens is 1. The first-order chi connectivity index (χ1) is 7.24. The van der Waals surface area contributed by atoms with Crippen LogP contribution in [0.3, 0.4) is 0 Å². The molecule has 0 radical (unpaired) electrons. The van der Waals surface area contributed by atoms with E-state index in [1.807, 2.05) is 0 Å². The molecule has 0 fully saturated rings. The number of rotatable bonds is 5. The number of nitrogens with one attached hydrogen (secondary N) is 2. The second-order valence-electron chi connectivity index (χ2n) is 2.80. The molecule has 0 aliphatic rings. The standard InChI is InChI=1S/C10H12ClN3O/c1-2-5-12-7-9(15)14-10-8(11)4-3-6-13-10/h2-4,6,12H,1,5,7H2,(H,13,14,15). The summed E-state index contributed by atoms with van der Waals surface area (Å²) in [5, 5.41) is 5.89. The van der Waals surface area contributed by atoms with Crippen molar-refractivity contribution in [1.29, 1.82) is 0 Å². The van der Waals surface area contributed by atoms with Gasteiger partial charge in [-0.2, -0.15) is 0 Å². The van der Waals surface area contributed by atoms with Gasteiger partial charge in [-0.05, 0) is 12.1 Å². The Balaban J connectivity index is 2.44. The van der Waals surface area contributed by atoms with E-state index in [4.69, 9.17) is 11.6 Å². The van der Waals surface area contributed by atoms with E-state index in [0.29, 0.717) is 17.4 Å². The van der Waals surface area contributed by atoms with Crippen molar-refractivity contribution in [2.75, 3.05) is 18.4 Å². The summed E-state index contributed by atoms with van der Waals surface area (Å²) in [5.41, 5.74) is 0. The molecule has 1 aromatic heterocycles. The second-order valence-corrected chi connectivity index (χ2v) is 3.21. The first-order valence-electron chi connectivity index (χ1n) is 4.46. The Labute approximate surface area is 93.4 Å². The lowest BCUT2D eigenvalue weighted by molar-refractivity contribution is -0.115. The van der Waals surface area contributed by atoms with E-state index in [2.05, 4.69) is 22.2 Å². The molecular weight excluding hydrogens is 214 g/mol. The maximum atomic E-state index is 11.3. The van der Waals surface area contributed by atoms with E-state index in [-0.39, 0.29) is 12.5 Å². The predicted octanol–water partition coefficient (Wildman–Crippen LogP) is 1.45. The number of anilines is 1. The normalized spacial score (nSPS) is 9.67. The molecule has 4 nitrogen and oxygen atoms in total. The van der Waals surface area contributed by atoms with Crippen LogP contribution in [-0.4, -0.2) is 24.0 Å². The molecule has 15 heavy (non-hydrogen) atoms. The number of carbonyl (C=O) groups excluding carboxylic acids is 1. The number of amides is 1. The average Bonchev–Trinajstić information content (AvgIpc) is 2.22. The van der Waals surface area contributed by atoms with Crippen molar-refractivity contribution in [1.82, 2.24) is 10.3 Å². The van der Waals surface area contributed by atoms with Crippen LogP contribution in [0.1, 0.15) is 0 Å². The summed E-state index contributed by atoms with van der Waals surface area (Å²) in [6.07, 6.45) is 3.25. The summed E-state index contributed by atoms with van der Waals surface area (Å²) in [5.74, 6) is 0.196. The van der Waals surface area contributed by atoms with Gasteiger partial charge in [0.1, 0.15) is 0 Å². The van der Waals surface area contributed by atoms with Crippen LogP contribution in [0.15, 0.2) is 31.0 Å². The molecule has 80 valence electrons. The largest absolute Gasteiger partial charge is 0.308 e. The SMILES string of the molecule is C=CCNCC(=O)Nc1ncccc1Cl. The van der Waals surface area contributed by atoms with Crippen molar-refractivity contribution >= 4 is 23.3 Å². The van der Waals surface area contributed by atoms with Gasteiger partial charge in [0.15, 0.2) is 5.82 Å². The number of hydrogen-bond acceptors (Lipinski definition) is 3. The van der Waals surface area contributed by atoms with E-state index >= 15 is 0 Å². The lowest BCUT2D eigenvalue weighted by atomic mass is 10.4. The first-order valence-corrected chi connectivity index (χ1v) is 4.84. The molecule has 1 heterocycles. The Kier molecular flexibility index (Phi) is 4.80. The maximum absolute atomic E-state index is 11.3. The molecule has 0 aliphatic carbocycles. The number of aromatic nitrogens is 1. The second kappa shape index (κ2) is 6.16. The quantitative estimate of drug-likeness (QED) is 0.589. The fourth-order valence-corrected chi connectivity index (χ4v) is 1.11. The van der Waals surface area contributed by atoms with Gasteiger partial charge in [0, 0.05) is 12.7 Å². The van der Waals surface area contributed by atoms with E-state index < -0.39 is 0 Å². The van der Waals surface area contributed by atoms with Gasteiger partial charge in [0.05, 0.1) is 11.6 Å². The smallest absolute Gasteiger partial charge is 0.239 e. The zero-order valence-corrected chi connectivity index (χ0v) is 8.92. The lowest BCUT2D eigenvalue weighted by Gasteiger charge is -2.05. The summed E-state index contributed by atoms with van der Waals surface area (Å²) in [7, 11) is 0. The fraction of sp³-hybridized carbons (Fsp3) is 0.200. The lowest BCUT2D eigenvalue weighted by Crippen LogP contribution is -2.28. The molecule has 0 spiro atoms. The highest BCUT2D eigenvalue weighted by atomic mass is 35.5. The molecule has 0 unspecified atom stereocenters. The summed E-state index contributed by atoms with van der Waals surface area (Å²) < 4.78 is 0. The Morgan fingerprint density at radius 1 is 1.67 bits per heavy atom. The van der Waals surface area contributed by atoms with Gasteiger partial charge in [0.2, 0.25) is 5.91 Å². The molecule has 1 rings (SSSR count). The maximum Gasteiger partial charge on any atom is 0.239 e. The van der Waals surface area contributed by atoms with Crippen LogP contribution in [0.25, 0.3) is 0 Å². The van der Waals surface area contributed by atoms with Crippen LogP contribution >= 0.6 is 11.6 Å². The highest BCUT2D eigenvalue weighted by Crippen LogP contribution is 2.16. The molecule has 5 heteroatoms. The molecular formula is C10H12ClN3O. The molecule has 0 bridgehead atoms. The van der Waals surface area contributed by atoms with Gasteiger partial charge in [-0.15, -0.1) is 6.58 Å². The molecule has 0 saturated carbocycles. The fourth-order valence-electron chi connectivity index (χ4n) is 0.942. The van der Waals surface area contributed by atoms with E-state index in [1.165, 1.54) is 0 Å². The minimum absolute atomic E-state index is 0.183. The average molecular weight is 226 g/mol. The molecule has 0 saturated heterocycles. The Hall–Kier alpha value is -1.39. The first kappa shape index (κ1) is 11.7. The number of nitrogens with zero attached hydrogens (tertiary/aromatic N) is 1. The highest BCUT2D eigenvalue weighted by molar-refractivity contribution is 6.33. The number of carbonyl (C=O) groups is 1. The van der Waals surface area contributed by atoms with Gasteiger partial charge in [-0.3, -0.25) is 4.79 Å². The Morgan fingerprint density at radius 2 is 2.47 bits per heavy atom. The molecule has 1 aromatic rings. The third-order valence-electron chi connectivity index (χ3n) is 1.59. The van der Waals surface area contributed by atoms with Gasteiger partial charge >= 0.3 is 0 Å². The number of hydrogen-bond donors (Lipinski definition) is 2. The van der Waals surface area contributed by atoms with Crippen LogP contribution in [-0.2, 0) is 4.79 Å². The molecule has 2 N–H and O–H groups in total. The predicted molar refractivity (Wildman–Crippen MR) is 60.9 cm³/mol. The monoisotopic (exact) mass is 225 g/mol. The van der Waals surface area contributed by atoms with E-state index in [9.17, 15) is 4.79 Å². The molecule has 1 amide bonds. The zero-order valence-electron chi connectivity index (χ0n) is 8.16. The van der Waals surface area contributed by atoms with E-state index in [1.54, 1.807) is 24.4 Å². The van der Waals surface area contributed by atoms with Crippen molar-refractivity contribution in [3.8, 4) is 0 Å². The van der Waals surface area contributed by atoms with Gasteiger partial charge in [0.25, 0.3) is 0 Å². The van der Waals surface area contributed by atoms with Crippen LogP contribution < -0.4 is 10.6 Å². The molecule has 0 aliphatic heterocycles. The summed E-state index contributed by atoms with van der Waals surface area (Å²) in [6.45, 7) is 4.32. The topological polar surface area (TPSA) is 54.0 Å². The molecule has 0 aromatic carbocycles. The summed E-state index contributed by atoms with van der Waals surface area (Å²) in [4.78, 5) is 15.3. The highest BCUT2D eigenvalue weighted by Gasteiger charge is 2.04. The van der Waals surface area contributed by atoms with Crippen molar-refractivity contribution in [2.24, 2.45) is 0 Å². The van der Waals surface area contributed by atoms with Crippen molar-refractivity contribution in [3.05, 3.63) is 36.0 Å². The van der Waals surface area contributed by atoms with Crippen LogP contribution in [0.2, 0.25) is 5.02 Å². The number of pyridine rings is 1. The van der Waals surface area contributed by atoms with Crippen LogP contribution in [0.5, 0.6) is 0 Å². The Bertz CT molecular complexity index is 354. The zero-order chi connectivity index (χ0) is 11.1. The minimum Gasteiger partial charge on any atom is -0.308 e. The van der Waals surface area contributed by atoms with Gasteiger partial charge in [-0.25, -0.2) is 4.98 Å². The van der Waals surface area contributed by atoms with Crippen LogP contribution in [0, 0.1) is 0 Å². The van der Waals surface area contributed by atoms with Crippen LogP contribution in [0.4, 0.5) is 5.82 Å². The van der Waals surface area contributed by atoms with Crippen molar-refractivity contribution in [2.45, 2.75) is 0 Å². The van der Waals surface area contributed by atoms with Gasteiger partial charge in [-0.1, -0.05) is 17.7 Å². The third-order valence-corrected chi connectivity index (χ3v) is 1.90. The van der Waals surface area contributed by atoms with Crippen molar-refractivity contribution < 1.29 is 4.79 Å².